The number of carbonyl (C=O) groups excluding carboxylic acids is 3. The lowest BCUT2D eigenvalue weighted by Crippen LogP contribution is -2.32. The highest BCUT2D eigenvalue weighted by Crippen LogP contribution is 2.29. The van der Waals surface area contributed by atoms with Crippen molar-refractivity contribution in [2.45, 2.75) is 6.18 Å². The number of ether oxygens (including phenoxy) is 1. The van der Waals surface area contributed by atoms with Crippen molar-refractivity contribution >= 4 is 41.3 Å². The Bertz CT molecular complexity index is 1240. The van der Waals surface area contributed by atoms with Gasteiger partial charge in [0.15, 0.2) is 0 Å². The van der Waals surface area contributed by atoms with E-state index in [1.165, 1.54) is 18.2 Å². The summed E-state index contributed by atoms with van der Waals surface area (Å²) < 4.78 is 43.1. The number of anilines is 1. The van der Waals surface area contributed by atoms with Gasteiger partial charge in [0.25, 0.3) is 0 Å². The van der Waals surface area contributed by atoms with E-state index in [0.29, 0.717) is 5.56 Å². The number of nitrogens with one attached hydrogen (secondary N) is 2. The van der Waals surface area contributed by atoms with Crippen LogP contribution in [-0.4, -0.2) is 24.0 Å². The molecule has 0 bridgehead atoms. The first-order valence-corrected chi connectivity index (χ1v) is 9.90. The number of hydrazone groups is 1. The number of hydrogen-bond acceptors (Lipinski definition) is 5. The fraction of sp³-hybridized carbons (Fsp3) is 0.0435. The Kier molecular flexibility index (Phi) is 7.64. The standard InChI is InChI=1S/C23H15ClF3N3O4/c24-18-7-3-2-6-17(18)22(33)34-19-8-4-1-5-14(19)13-28-30-21(32)20(31)29-16-11-9-15(10-12-16)23(25,26)27/h1-13H,(H,29,31)(H,30,32)/b28-13+. The van der Waals surface area contributed by atoms with Gasteiger partial charge in [0.2, 0.25) is 0 Å². The second kappa shape index (κ2) is 10.6. The van der Waals surface area contributed by atoms with Crippen molar-refractivity contribution in [2.75, 3.05) is 5.32 Å². The molecule has 3 aromatic carbocycles. The highest BCUT2D eigenvalue weighted by Gasteiger charge is 2.30. The zero-order valence-corrected chi connectivity index (χ0v) is 17.9. The smallest absolute Gasteiger partial charge is 0.416 e. The molecule has 0 spiro atoms. The van der Waals surface area contributed by atoms with Crippen LogP contribution >= 0.6 is 11.6 Å². The zero-order valence-electron chi connectivity index (χ0n) is 17.1. The van der Waals surface area contributed by atoms with Crippen molar-refractivity contribution in [3.63, 3.8) is 0 Å². The molecule has 174 valence electrons. The lowest BCUT2D eigenvalue weighted by molar-refractivity contribution is -0.137. The Hall–Kier alpha value is -4.18. The molecule has 0 fully saturated rings. The molecule has 0 aromatic heterocycles. The van der Waals surface area contributed by atoms with Gasteiger partial charge in [-0.3, -0.25) is 9.59 Å². The quantitative estimate of drug-likeness (QED) is 0.179. The van der Waals surface area contributed by atoms with E-state index in [4.69, 9.17) is 16.3 Å². The number of para-hydroxylation sites is 1. The molecule has 0 atom stereocenters. The van der Waals surface area contributed by atoms with Gasteiger partial charge in [-0.1, -0.05) is 35.9 Å². The molecule has 0 saturated heterocycles. The highest BCUT2D eigenvalue weighted by molar-refractivity contribution is 6.39. The second-order valence-electron chi connectivity index (χ2n) is 6.64. The molecular formula is C23H15ClF3N3O4. The summed E-state index contributed by atoms with van der Waals surface area (Å²) in [6, 6.07) is 16.2. The van der Waals surface area contributed by atoms with E-state index in [2.05, 4.69) is 10.4 Å². The fourth-order valence-corrected chi connectivity index (χ4v) is 2.82. The van der Waals surface area contributed by atoms with Crippen molar-refractivity contribution in [3.8, 4) is 5.75 Å². The molecule has 2 N–H and O–H groups in total. The maximum atomic E-state index is 12.6. The van der Waals surface area contributed by atoms with Gasteiger partial charge in [0.1, 0.15) is 5.75 Å². The van der Waals surface area contributed by atoms with Crippen LogP contribution in [0.4, 0.5) is 18.9 Å². The van der Waals surface area contributed by atoms with E-state index in [0.717, 1.165) is 30.5 Å². The number of benzene rings is 3. The van der Waals surface area contributed by atoms with Gasteiger partial charge < -0.3 is 10.1 Å². The molecule has 2 amide bonds. The minimum absolute atomic E-state index is 0.00559. The molecule has 0 aliphatic carbocycles. The van der Waals surface area contributed by atoms with Crippen LogP contribution in [0.15, 0.2) is 77.9 Å². The number of rotatable bonds is 5. The molecule has 0 aliphatic heterocycles. The lowest BCUT2D eigenvalue weighted by atomic mass is 10.2. The summed E-state index contributed by atoms with van der Waals surface area (Å²) in [5, 5.41) is 6.03. The van der Waals surface area contributed by atoms with E-state index in [1.54, 1.807) is 30.3 Å². The van der Waals surface area contributed by atoms with Crippen molar-refractivity contribution in [1.82, 2.24) is 5.43 Å². The van der Waals surface area contributed by atoms with Gasteiger partial charge in [0, 0.05) is 11.3 Å². The summed E-state index contributed by atoms with van der Waals surface area (Å²) in [7, 11) is 0. The topological polar surface area (TPSA) is 96.9 Å². The van der Waals surface area contributed by atoms with E-state index in [1.807, 2.05) is 5.43 Å². The zero-order chi connectivity index (χ0) is 24.7. The number of carbonyl (C=O) groups is 3. The summed E-state index contributed by atoms with van der Waals surface area (Å²) in [6.07, 6.45) is -3.37. The van der Waals surface area contributed by atoms with Crippen LogP contribution in [0.2, 0.25) is 5.02 Å². The summed E-state index contributed by atoms with van der Waals surface area (Å²) >= 11 is 6.00. The van der Waals surface area contributed by atoms with Gasteiger partial charge in [-0.2, -0.15) is 18.3 Å². The minimum atomic E-state index is -4.52. The minimum Gasteiger partial charge on any atom is -0.422 e. The number of esters is 1. The number of amides is 2. The number of alkyl halides is 3. The van der Waals surface area contributed by atoms with Crippen LogP contribution in [0, 0.1) is 0 Å². The summed E-state index contributed by atoms with van der Waals surface area (Å²) in [5.74, 6) is -2.89. The first kappa shape index (κ1) is 24.5. The van der Waals surface area contributed by atoms with Gasteiger partial charge in [-0.25, -0.2) is 10.2 Å². The fourth-order valence-electron chi connectivity index (χ4n) is 2.60. The molecule has 3 aromatic rings. The Morgan fingerprint density at radius 3 is 2.21 bits per heavy atom. The normalized spacial score (nSPS) is 11.2. The van der Waals surface area contributed by atoms with E-state index >= 15 is 0 Å². The Morgan fingerprint density at radius 1 is 0.882 bits per heavy atom. The third kappa shape index (κ3) is 6.42. The van der Waals surface area contributed by atoms with E-state index in [9.17, 15) is 27.6 Å². The molecule has 3 rings (SSSR count). The average molecular weight is 490 g/mol. The predicted octanol–water partition coefficient (Wildman–Crippen LogP) is 4.67. The number of nitrogens with zero attached hydrogens (tertiary/aromatic N) is 1. The Labute approximate surface area is 196 Å². The summed E-state index contributed by atoms with van der Waals surface area (Å²) in [4.78, 5) is 36.2. The van der Waals surface area contributed by atoms with Gasteiger partial charge in [-0.15, -0.1) is 0 Å². The molecule has 34 heavy (non-hydrogen) atoms. The van der Waals surface area contributed by atoms with Crippen molar-refractivity contribution < 1.29 is 32.3 Å². The third-order valence-corrected chi connectivity index (χ3v) is 4.59. The first-order valence-electron chi connectivity index (χ1n) is 9.52. The average Bonchev–Trinajstić information content (AvgIpc) is 2.80. The monoisotopic (exact) mass is 489 g/mol. The third-order valence-electron chi connectivity index (χ3n) is 4.26. The van der Waals surface area contributed by atoms with Crippen LogP contribution in [0.1, 0.15) is 21.5 Å². The maximum absolute atomic E-state index is 12.6. The van der Waals surface area contributed by atoms with Crippen LogP contribution in [-0.2, 0) is 15.8 Å². The molecule has 0 aliphatic rings. The van der Waals surface area contributed by atoms with Crippen LogP contribution in [0.25, 0.3) is 0 Å². The summed E-state index contributed by atoms with van der Waals surface area (Å²) in [6.45, 7) is 0. The number of hydrogen-bond donors (Lipinski definition) is 2. The van der Waals surface area contributed by atoms with Gasteiger partial charge in [0.05, 0.1) is 22.4 Å². The van der Waals surface area contributed by atoms with Crippen LogP contribution in [0.5, 0.6) is 5.75 Å². The van der Waals surface area contributed by atoms with E-state index in [-0.39, 0.29) is 22.0 Å². The first-order chi connectivity index (χ1) is 16.1. The molecule has 0 heterocycles. The Morgan fingerprint density at radius 2 is 1.53 bits per heavy atom. The molecule has 0 saturated carbocycles. The Balaban J connectivity index is 1.61. The molecule has 0 radical (unpaired) electrons. The van der Waals surface area contributed by atoms with Crippen molar-refractivity contribution in [1.29, 1.82) is 0 Å². The van der Waals surface area contributed by atoms with Crippen LogP contribution in [0.3, 0.4) is 0 Å². The van der Waals surface area contributed by atoms with E-state index < -0.39 is 29.5 Å². The van der Waals surface area contributed by atoms with Crippen molar-refractivity contribution in [3.05, 3.63) is 94.5 Å². The van der Waals surface area contributed by atoms with Crippen molar-refractivity contribution in [2.24, 2.45) is 5.10 Å². The lowest BCUT2D eigenvalue weighted by Gasteiger charge is -2.09. The predicted molar refractivity (Wildman–Crippen MR) is 119 cm³/mol. The number of halogens is 4. The molecule has 11 heteroatoms. The summed E-state index contributed by atoms with van der Waals surface area (Å²) in [5.41, 5.74) is 1.55. The molecule has 0 unspecified atom stereocenters. The van der Waals surface area contributed by atoms with Gasteiger partial charge in [-0.05, 0) is 48.5 Å². The van der Waals surface area contributed by atoms with Crippen LogP contribution < -0.4 is 15.5 Å². The largest absolute Gasteiger partial charge is 0.422 e. The SMILES string of the molecule is O=C(N/N=C/c1ccccc1OC(=O)c1ccccc1Cl)C(=O)Nc1ccc(C(F)(F)F)cc1. The molecule has 7 nitrogen and oxygen atoms in total. The highest BCUT2D eigenvalue weighted by atomic mass is 35.5. The second-order valence-corrected chi connectivity index (χ2v) is 7.04. The van der Waals surface area contributed by atoms with Gasteiger partial charge >= 0.3 is 24.0 Å². The molecular weight excluding hydrogens is 475 g/mol. The maximum Gasteiger partial charge on any atom is 0.416 e.